The zero-order valence-electron chi connectivity index (χ0n) is 13.6. The molecule has 5 nitrogen and oxygen atoms in total. The highest BCUT2D eigenvalue weighted by molar-refractivity contribution is 5.89. The van der Waals surface area contributed by atoms with Crippen molar-refractivity contribution in [1.82, 2.24) is 15.0 Å². The van der Waals surface area contributed by atoms with Crippen molar-refractivity contribution in [3.63, 3.8) is 0 Å². The fraction of sp³-hybridized carbons (Fsp3) is 0.647. The van der Waals surface area contributed by atoms with Gasteiger partial charge in [-0.05, 0) is 37.7 Å². The van der Waals surface area contributed by atoms with Crippen LogP contribution in [0.15, 0.2) is 6.07 Å². The molecule has 4 rings (SSSR count). The molecule has 2 fully saturated rings. The van der Waals surface area contributed by atoms with Gasteiger partial charge in [-0.1, -0.05) is 13.8 Å². The maximum Gasteiger partial charge on any atom is 0.229 e. The molecule has 2 aromatic rings. The van der Waals surface area contributed by atoms with E-state index >= 15 is 0 Å². The molecule has 5 heteroatoms. The van der Waals surface area contributed by atoms with Gasteiger partial charge in [-0.25, -0.2) is 0 Å². The minimum Gasteiger partial charge on any atom is -0.356 e. The van der Waals surface area contributed by atoms with Gasteiger partial charge >= 0.3 is 0 Å². The summed E-state index contributed by atoms with van der Waals surface area (Å²) < 4.78 is 0. The van der Waals surface area contributed by atoms with E-state index in [-0.39, 0.29) is 0 Å². The van der Waals surface area contributed by atoms with Crippen molar-refractivity contribution in [3.05, 3.63) is 11.8 Å². The average Bonchev–Trinajstić information content (AvgIpc) is 3.25. The molecule has 0 unspecified atom stereocenters. The Morgan fingerprint density at radius 1 is 0.955 bits per heavy atom. The van der Waals surface area contributed by atoms with Crippen LogP contribution in [0, 0.1) is 0 Å². The van der Waals surface area contributed by atoms with Crippen LogP contribution in [0.1, 0.15) is 51.1 Å². The molecule has 118 valence electrons. The van der Waals surface area contributed by atoms with Gasteiger partial charge in [-0.2, -0.15) is 9.97 Å². The molecule has 2 saturated heterocycles. The van der Waals surface area contributed by atoms with E-state index in [9.17, 15) is 0 Å². The van der Waals surface area contributed by atoms with Gasteiger partial charge in [-0.3, -0.25) is 0 Å². The van der Waals surface area contributed by atoms with Gasteiger partial charge in [0.25, 0.3) is 0 Å². The summed E-state index contributed by atoms with van der Waals surface area (Å²) in [5.74, 6) is 2.52. The van der Waals surface area contributed by atoms with Crippen LogP contribution in [0.3, 0.4) is 0 Å². The van der Waals surface area contributed by atoms with Crippen LogP contribution >= 0.6 is 0 Å². The predicted octanol–water partition coefficient (Wildman–Crippen LogP) is 3.28. The molecule has 0 atom stereocenters. The molecule has 1 N–H and O–H groups in total. The number of rotatable bonds is 3. The number of fused-ring (bicyclic) bond motifs is 1. The average molecular weight is 299 g/mol. The minimum atomic E-state index is 0.482. The summed E-state index contributed by atoms with van der Waals surface area (Å²) >= 11 is 0. The van der Waals surface area contributed by atoms with Crippen molar-refractivity contribution in [1.29, 1.82) is 0 Å². The lowest BCUT2D eigenvalue weighted by molar-refractivity contribution is 0.834. The molecule has 0 bridgehead atoms. The first-order chi connectivity index (χ1) is 10.7. The Kier molecular flexibility index (Phi) is 3.43. The maximum atomic E-state index is 4.96. The summed E-state index contributed by atoms with van der Waals surface area (Å²) in [6, 6.07) is 2.25. The highest BCUT2D eigenvalue weighted by atomic mass is 15.3. The van der Waals surface area contributed by atoms with Crippen molar-refractivity contribution in [2.45, 2.75) is 45.4 Å². The van der Waals surface area contributed by atoms with Crippen LogP contribution in [0.4, 0.5) is 11.8 Å². The minimum absolute atomic E-state index is 0.482. The largest absolute Gasteiger partial charge is 0.356 e. The molecule has 2 aromatic heterocycles. The Morgan fingerprint density at radius 3 is 2.23 bits per heavy atom. The second-order valence-corrected chi connectivity index (χ2v) is 6.88. The van der Waals surface area contributed by atoms with Gasteiger partial charge in [0.2, 0.25) is 5.95 Å². The molecular weight excluding hydrogens is 274 g/mol. The molecule has 0 aliphatic carbocycles. The number of nitrogens with one attached hydrogen (secondary N) is 1. The summed E-state index contributed by atoms with van der Waals surface area (Å²) in [7, 11) is 0. The smallest absolute Gasteiger partial charge is 0.229 e. The van der Waals surface area contributed by atoms with E-state index in [2.05, 4.69) is 34.7 Å². The van der Waals surface area contributed by atoms with Crippen molar-refractivity contribution >= 4 is 22.8 Å². The molecular formula is C17H25N5. The summed E-state index contributed by atoms with van der Waals surface area (Å²) in [5, 5.41) is 1.19. The van der Waals surface area contributed by atoms with Crippen LogP contribution in [-0.2, 0) is 0 Å². The molecule has 4 heterocycles. The normalized spacial score (nSPS) is 19.0. The van der Waals surface area contributed by atoms with Crippen molar-refractivity contribution in [2.24, 2.45) is 0 Å². The van der Waals surface area contributed by atoms with E-state index in [4.69, 9.17) is 9.97 Å². The number of aromatic amines is 1. The monoisotopic (exact) mass is 299 g/mol. The fourth-order valence-electron chi connectivity index (χ4n) is 3.54. The zero-order chi connectivity index (χ0) is 15.1. The lowest BCUT2D eigenvalue weighted by atomic mass is 10.1. The van der Waals surface area contributed by atoms with E-state index in [0.29, 0.717) is 5.92 Å². The Balaban J connectivity index is 1.84. The molecule has 0 amide bonds. The summed E-state index contributed by atoms with van der Waals surface area (Å²) in [5.41, 5.74) is 2.26. The fourth-order valence-corrected chi connectivity index (χ4v) is 3.54. The van der Waals surface area contributed by atoms with Crippen LogP contribution < -0.4 is 9.80 Å². The van der Waals surface area contributed by atoms with E-state index in [1.807, 2.05) is 0 Å². The van der Waals surface area contributed by atoms with E-state index in [0.717, 1.165) is 43.6 Å². The molecule has 0 aromatic carbocycles. The van der Waals surface area contributed by atoms with Crippen molar-refractivity contribution in [2.75, 3.05) is 36.0 Å². The van der Waals surface area contributed by atoms with E-state index < -0.39 is 0 Å². The lowest BCUT2D eigenvalue weighted by Gasteiger charge is -2.21. The van der Waals surface area contributed by atoms with Gasteiger partial charge in [0.15, 0.2) is 0 Å². The van der Waals surface area contributed by atoms with Gasteiger partial charge in [-0.15, -0.1) is 0 Å². The molecule has 0 saturated carbocycles. The summed E-state index contributed by atoms with van der Waals surface area (Å²) in [4.78, 5) is 18.1. The van der Waals surface area contributed by atoms with Crippen molar-refractivity contribution in [3.8, 4) is 0 Å². The third-order valence-electron chi connectivity index (χ3n) is 4.89. The molecule has 0 radical (unpaired) electrons. The van der Waals surface area contributed by atoms with Gasteiger partial charge < -0.3 is 14.8 Å². The number of H-pyrrole nitrogens is 1. The van der Waals surface area contributed by atoms with Gasteiger partial charge in [0, 0.05) is 31.9 Å². The Hall–Kier alpha value is -1.78. The van der Waals surface area contributed by atoms with Gasteiger partial charge in [0.05, 0.1) is 5.39 Å². The van der Waals surface area contributed by atoms with Gasteiger partial charge in [0.1, 0.15) is 11.5 Å². The SMILES string of the molecule is CC(C)c1cc2c(N3CCCC3)nc(N3CCCC3)nc2[nH]1. The second-order valence-electron chi connectivity index (χ2n) is 6.88. The Bertz CT molecular complexity index is 663. The highest BCUT2D eigenvalue weighted by Gasteiger charge is 2.23. The Morgan fingerprint density at radius 2 is 1.59 bits per heavy atom. The number of hydrogen-bond acceptors (Lipinski definition) is 4. The summed E-state index contributed by atoms with van der Waals surface area (Å²) in [6.07, 6.45) is 5.04. The topological polar surface area (TPSA) is 48.1 Å². The Labute approximate surface area is 131 Å². The molecule has 0 spiro atoms. The first-order valence-electron chi connectivity index (χ1n) is 8.63. The van der Waals surface area contributed by atoms with E-state index in [1.54, 1.807) is 0 Å². The molecule has 2 aliphatic rings. The number of anilines is 2. The quantitative estimate of drug-likeness (QED) is 0.945. The highest BCUT2D eigenvalue weighted by Crippen LogP contribution is 2.32. The maximum absolute atomic E-state index is 4.96. The number of hydrogen-bond donors (Lipinski definition) is 1. The van der Waals surface area contributed by atoms with Crippen LogP contribution in [0.5, 0.6) is 0 Å². The number of aromatic nitrogens is 3. The summed E-state index contributed by atoms with van der Waals surface area (Å²) in [6.45, 7) is 8.84. The van der Waals surface area contributed by atoms with Crippen LogP contribution in [-0.4, -0.2) is 41.1 Å². The second kappa shape index (κ2) is 5.45. The number of nitrogens with zero attached hydrogens (tertiary/aromatic N) is 4. The first-order valence-corrected chi connectivity index (χ1v) is 8.63. The predicted molar refractivity (Wildman–Crippen MR) is 90.9 cm³/mol. The zero-order valence-corrected chi connectivity index (χ0v) is 13.6. The molecule has 22 heavy (non-hydrogen) atoms. The lowest BCUT2D eigenvalue weighted by Crippen LogP contribution is -2.24. The standard InChI is InChI=1S/C17H25N5/c1-12(2)14-11-13-15(18-14)19-17(22-9-5-6-10-22)20-16(13)21-7-3-4-8-21/h11-12H,3-10H2,1-2H3,(H,18,19,20). The third-order valence-corrected chi connectivity index (χ3v) is 4.89. The molecule has 2 aliphatic heterocycles. The van der Waals surface area contributed by atoms with Crippen LogP contribution in [0.2, 0.25) is 0 Å². The van der Waals surface area contributed by atoms with Crippen LogP contribution in [0.25, 0.3) is 11.0 Å². The van der Waals surface area contributed by atoms with Crippen molar-refractivity contribution < 1.29 is 0 Å². The van der Waals surface area contributed by atoms with E-state index in [1.165, 1.54) is 36.8 Å². The third kappa shape index (κ3) is 2.32. The first kappa shape index (κ1) is 13.9.